The van der Waals surface area contributed by atoms with Crippen LogP contribution in [0.5, 0.6) is 0 Å². The Kier molecular flexibility index (Phi) is 8.62. The molecule has 3 aromatic rings. The van der Waals surface area contributed by atoms with Crippen molar-refractivity contribution in [3.63, 3.8) is 0 Å². The summed E-state index contributed by atoms with van der Waals surface area (Å²) in [5, 5.41) is 0. The fraction of sp³-hybridized carbons (Fsp3) is 0.182. The van der Waals surface area contributed by atoms with Crippen molar-refractivity contribution in [2.75, 3.05) is 0 Å². The molecule has 1 aliphatic rings. The molecule has 128 valence electrons. The first-order valence-corrected chi connectivity index (χ1v) is 9.24. The molecule has 3 aromatic carbocycles. The van der Waals surface area contributed by atoms with Crippen LogP contribution in [0.25, 0.3) is 11.1 Å². The van der Waals surface area contributed by atoms with Crippen LogP contribution in [0.3, 0.4) is 0 Å². The third-order valence-corrected chi connectivity index (χ3v) is 4.10. The fourth-order valence-electron chi connectivity index (χ4n) is 3.28. The van der Waals surface area contributed by atoms with Crippen LogP contribution in [0, 0.1) is 6.92 Å². The van der Waals surface area contributed by atoms with Crippen LogP contribution in [-0.2, 0) is 24.2 Å². The molecule has 4 rings (SSSR count). The second-order valence-electron chi connectivity index (χ2n) is 6.33. The summed E-state index contributed by atoms with van der Waals surface area (Å²) in [5.74, 6) is 0.404. The first-order chi connectivity index (χ1) is 11.1. The number of hydrogen-bond donors (Lipinski definition) is 0. The van der Waals surface area contributed by atoms with Gasteiger partial charge in [0, 0.05) is 0 Å². The van der Waals surface area contributed by atoms with Crippen molar-refractivity contribution in [2.24, 2.45) is 0 Å². The van der Waals surface area contributed by atoms with Crippen molar-refractivity contribution < 1.29 is 49.0 Å². The third kappa shape index (κ3) is 4.85. The van der Waals surface area contributed by atoms with E-state index < -0.39 is 0 Å². The van der Waals surface area contributed by atoms with Crippen LogP contribution in [0.2, 0.25) is 0 Å². The summed E-state index contributed by atoms with van der Waals surface area (Å²) >= 11 is 1.55. The smallest absolute Gasteiger partial charge is 0.00986 e. The molecule has 0 unspecified atom stereocenters. The summed E-state index contributed by atoms with van der Waals surface area (Å²) in [6.45, 7) is 6.41. The Morgan fingerprint density at radius 2 is 1.28 bits per heavy atom. The van der Waals surface area contributed by atoms with E-state index in [0.29, 0.717) is 5.92 Å². The summed E-state index contributed by atoms with van der Waals surface area (Å²) < 4.78 is 1.51. The first kappa shape index (κ1) is 22.2. The molecule has 0 radical (unpaired) electrons. The fourth-order valence-corrected chi connectivity index (χ4v) is 3.28. The van der Waals surface area contributed by atoms with Gasteiger partial charge in [-0.05, 0) is 28.2 Å². The maximum absolute atomic E-state index is 2.31. The maximum Gasteiger partial charge on any atom is -0.00986 e. The van der Waals surface area contributed by atoms with Gasteiger partial charge in [-0.3, -0.25) is 0 Å². The zero-order chi connectivity index (χ0) is 16.4. The van der Waals surface area contributed by atoms with Crippen molar-refractivity contribution in [3.05, 3.63) is 89.0 Å². The Balaban J connectivity index is 0.000000476. The molecule has 0 bridgehead atoms. The molecule has 0 saturated heterocycles. The summed E-state index contributed by atoms with van der Waals surface area (Å²) in [4.78, 5) is 0. The molecule has 0 amide bonds. The largest absolute Gasteiger partial charge is 1.00 e. The summed E-state index contributed by atoms with van der Waals surface area (Å²) in [5.41, 5.74) is 8.42. The average molecular weight is 448 g/mol. The topological polar surface area (TPSA) is 0 Å². The Hall–Kier alpha value is -0.877. The molecule has 0 fully saturated rings. The summed E-state index contributed by atoms with van der Waals surface area (Å²) in [6.07, 6.45) is 0. The minimum atomic E-state index is 0. The van der Waals surface area contributed by atoms with Crippen molar-refractivity contribution in [3.8, 4) is 11.1 Å². The van der Waals surface area contributed by atoms with Gasteiger partial charge in [-0.1, -0.05) is 55.5 Å². The van der Waals surface area contributed by atoms with Gasteiger partial charge in [0.15, 0.2) is 0 Å². The molecule has 0 aromatic heterocycles. The van der Waals surface area contributed by atoms with E-state index in [1.165, 1.54) is 36.6 Å². The Morgan fingerprint density at radius 3 is 1.68 bits per heavy atom. The first-order valence-electron chi connectivity index (χ1n) is 8.01. The molecule has 0 aliphatic heterocycles. The zero-order valence-electron chi connectivity index (χ0n) is 14.7. The van der Waals surface area contributed by atoms with E-state index in [4.69, 9.17) is 0 Å². The second-order valence-corrected chi connectivity index (χ2v) is 8.79. The predicted octanol–water partition coefficient (Wildman–Crippen LogP) is -0.372. The predicted molar refractivity (Wildman–Crippen MR) is 96.0 cm³/mol. The minimum absolute atomic E-state index is 0. The molecule has 0 N–H and O–H groups in total. The number of hydrogen-bond acceptors (Lipinski definition) is 0. The molecule has 0 heterocycles. The van der Waals surface area contributed by atoms with Gasteiger partial charge in [0.05, 0.1) is 0 Å². The van der Waals surface area contributed by atoms with Gasteiger partial charge in [-0.15, -0.1) is 5.56 Å². The monoisotopic (exact) mass is 445 g/mol. The van der Waals surface area contributed by atoms with E-state index >= 15 is 0 Å². The molecule has 1 aliphatic carbocycles. The van der Waals surface area contributed by atoms with Crippen LogP contribution in [0.15, 0.2) is 66.7 Å². The van der Waals surface area contributed by atoms with Crippen LogP contribution < -0.4 is 24.8 Å². The normalized spacial score (nSPS) is 11.2. The molecule has 0 saturated carbocycles. The number of benzene rings is 2. The Bertz CT molecular complexity index is 799. The Morgan fingerprint density at radius 1 is 0.840 bits per heavy atom. The molecular formula is C22H21Cl2Zr-. The molecule has 0 spiro atoms. The number of fused-ring (bicyclic) bond motifs is 3. The van der Waals surface area contributed by atoms with E-state index in [9.17, 15) is 0 Å². The van der Waals surface area contributed by atoms with Crippen LogP contribution >= 0.6 is 0 Å². The van der Waals surface area contributed by atoms with Gasteiger partial charge >= 0.3 is 41.3 Å². The molecule has 3 heteroatoms. The third-order valence-electron chi connectivity index (χ3n) is 4.10. The number of halogens is 2. The van der Waals surface area contributed by atoms with Crippen LogP contribution in [0.4, 0.5) is 0 Å². The zero-order valence-corrected chi connectivity index (χ0v) is 18.7. The van der Waals surface area contributed by atoms with Gasteiger partial charge in [0.2, 0.25) is 0 Å². The van der Waals surface area contributed by atoms with Crippen LogP contribution in [0.1, 0.15) is 42.0 Å². The van der Waals surface area contributed by atoms with Gasteiger partial charge in [-0.2, -0.15) is 12.1 Å². The maximum atomic E-state index is 2.31. The average Bonchev–Trinajstić information content (AvgIpc) is 3.08. The molecular weight excluding hydrogens is 426 g/mol. The minimum Gasteiger partial charge on any atom is -1.00 e. The van der Waals surface area contributed by atoms with Gasteiger partial charge in [0.1, 0.15) is 0 Å². The van der Waals surface area contributed by atoms with Crippen molar-refractivity contribution in [1.29, 1.82) is 0 Å². The van der Waals surface area contributed by atoms with Crippen LogP contribution in [-0.4, -0.2) is 3.21 Å². The van der Waals surface area contributed by atoms with Crippen molar-refractivity contribution >= 4 is 3.21 Å². The van der Waals surface area contributed by atoms with Crippen molar-refractivity contribution in [1.82, 2.24) is 0 Å². The summed E-state index contributed by atoms with van der Waals surface area (Å²) in [6, 6.07) is 24.4. The Labute approximate surface area is 178 Å². The second kappa shape index (κ2) is 9.72. The quantitative estimate of drug-likeness (QED) is 0.350. The van der Waals surface area contributed by atoms with E-state index in [0.717, 1.165) is 0 Å². The molecule has 25 heavy (non-hydrogen) atoms. The van der Waals surface area contributed by atoms with Gasteiger partial charge < -0.3 is 24.8 Å². The van der Waals surface area contributed by atoms with E-state index in [2.05, 4.69) is 87.5 Å². The standard InChI is InChI=1S/C19H15.C3H6.2ClH.Zr/c1-13-10-11-14(12-13)19-17-8-4-2-6-15(17)16-7-3-5-9-18(16)19;1-3-2;;;/h2-12,19H,1H3;1-2H3;2*1H;/q-1;;;;+2/p-2. The number of rotatable bonds is 1. The summed E-state index contributed by atoms with van der Waals surface area (Å²) in [7, 11) is 0. The number of aryl methyl sites for hydroxylation is 1. The SMILES string of the molecule is C[C](C)=[Zr+2].Cc1cc[c-](C2c3ccccc3-c3ccccc32)c1.[Cl-].[Cl-]. The van der Waals surface area contributed by atoms with Gasteiger partial charge in [-0.25, -0.2) is 11.6 Å². The van der Waals surface area contributed by atoms with E-state index in [1.807, 2.05) is 0 Å². The molecule has 0 nitrogen and oxygen atoms in total. The van der Waals surface area contributed by atoms with E-state index in [-0.39, 0.29) is 24.8 Å². The van der Waals surface area contributed by atoms with E-state index in [1.54, 1.807) is 24.2 Å². The van der Waals surface area contributed by atoms with Gasteiger partial charge in [0.25, 0.3) is 0 Å². The van der Waals surface area contributed by atoms with Crippen molar-refractivity contribution in [2.45, 2.75) is 26.7 Å². The molecule has 0 atom stereocenters.